The van der Waals surface area contributed by atoms with E-state index < -0.39 is 0 Å². The SMILES string of the molecule is CC(C)C1CN(C2(C)CCCOC2)CCN1. The highest BCUT2D eigenvalue weighted by molar-refractivity contribution is 4.93. The van der Waals surface area contributed by atoms with Crippen molar-refractivity contribution in [2.24, 2.45) is 5.92 Å². The van der Waals surface area contributed by atoms with Gasteiger partial charge < -0.3 is 10.1 Å². The molecule has 0 aromatic rings. The first kappa shape index (κ1) is 12.3. The Hall–Kier alpha value is -0.120. The Morgan fingerprint density at radius 2 is 2.25 bits per heavy atom. The molecule has 0 bridgehead atoms. The van der Waals surface area contributed by atoms with Crippen LogP contribution in [0.15, 0.2) is 0 Å². The van der Waals surface area contributed by atoms with Crippen molar-refractivity contribution in [3.63, 3.8) is 0 Å². The van der Waals surface area contributed by atoms with E-state index in [1.165, 1.54) is 25.9 Å². The van der Waals surface area contributed by atoms with E-state index in [2.05, 4.69) is 31.0 Å². The molecule has 0 radical (unpaired) electrons. The van der Waals surface area contributed by atoms with Gasteiger partial charge in [-0.2, -0.15) is 0 Å². The number of rotatable bonds is 2. The summed E-state index contributed by atoms with van der Waals surface area (Å²) in [7, 11) is 0. The van der Waals surface area contributed by atoms with Gasteiger partial charge in [-0.05, 0) is 25.7 Å². The summed E-state index contributed by atoms with van der Waals surface area (Å²) in [5, 5.41) is 3.62. The third-order valence-corrected chi connectivity index (χ3v) is 4.19. The standard InChI is InChI=1S/C13H26N2O/c1-11(2)12-9-15(7-6-14-12)13(3)5-4-8-16-10-13/h11-12,14H,4-10H2,1-3H3. The quantitative estimate of drug-likeness (QED) is 0.772. The first-order chi connectivity index (χ1) is 7.62. The van der Waals surface area contributed by atoms with Gasteiger partial charge in [0.25, 0.3) is 0 Å². The topological polar surface area (TPSA) is 24.5 Å². The van der Waals surface area contributed by atoms with Crippen molar-refractivity contribution in [3.8, 4) is 0 Å². The third-order valence-electron chi connectivity index (χ3n) is 4.19. The summed E-state index contributed by atoms with van der Waals surface area (Å²) < 4.78 is 5.67. The molecule has 0 aromatic heterocycles. The zero-order chi connectivity index (χ0) is 11.6. The van der Waals surface area contributed by atoms with Gasteiger partial charge in [0.15, 0.2) is 0 Å². The van der Waals surface area contributed by atoms with Crippen LogP contribution in [0.2, 0.25) is 0 Å². The number of piperazine rings is 1. The third kappa shape index (κ3) is 2.58. The van der Waals surface area contributed by atoms with Gasteiger partial charge >= 0.3 is 0 Å². The van der Waals surface area contributed by atoms with Crippen LogP contribution < -0.4 is 5.32 Å². The van der Waals surface area contributed by atoms with Crippen LogP contribution in [0.1, 0.15) is 33.6 Å². The number of hydrogen-bond donors (Lipinski definition) is 1. The molecule has 0 aromatic carbocycles. The van der Waals surface area contributed by atoms with Crippen LogP contribution >= 0.6 is 0 Å². The van der Waals surface area contributed by atoms with Crippen molar-refractivity contribution in [3.05, 3.63) is 0 Å². The summed E-state index contributed by atoms with van der Waals surface area (Å²) >= 11 is 0. The van der Waals surface area contributed by atoms with Gasteiger partial charge in [0, 0.05) is 37.8 Å². The molecule has 2 saturated heterocycles. The second-order valence-corrected chi connectivity index (χ2v) is 5.90. The van der Waals surface area contributed by atoms with Gasteiger partial charge in [-0.3, -0.25) is 4.90 Å². The summed E-state index contributed by atoms with van der Waals surface area (Å²) in [4.78, 5) is 2.65. The van der Waals surface area contributed by atoms with E-state index in [1.54, 1.807) is 0 Å². The second kappa shape index (κ2) is 5.03. The van der Waals surface area contributed by atoms with E-state index >= 15 is 0 Å². The highest BCUT2D eigenvalue weighted by Gasteiger charge is 2.37. The van der Waals surface area contributed by atoms with E-state index in [0.717, 1.165) is 25.7 Å². The lowest BCUT2D eigenvalue weighted by Gasteiger charge is -2.48. The summed E-state index contributed by atoms with van der Waals surface area (Å²) in [5.74, 6) is 0.718. The maximum atomic E-state index is 5.67. The zero-order valence-corrected chi connectivity index (χ0v) is 11.0. The molecule has 3 heteroatoms. The van der Waals surface area contributed by atoms with Gasteiger partial charge in [-0.1, -0.05) is 13.8 Å². The molecule has 1 N–H and O–H groups in total. The predicted octanol–water partition coefficient (Wildman–Crippen LogP) is 1.49. The summed E-state index contributed by atoms with van der Waals surface area (Å²) in [5.41, 5.74) is 0.285. The van der Waals surface area contributed by atoms with Crippen molar-refractivity contribution in [2.75, 3.05) is 32.8 Å². The van der Waals surface area contributed by atoms with Crippen molar-refractivity contribution in [2.45, 2.75) is 45.2 Å². The lowest BCUT2D eigenvalue weighted by atomic mass is 9.90. The minimum Gasteiger partial charge on any atom is -0.380 e. The minimum atomic E-state index is 0.285. The monoisotopic (exact) mass is 226 g/mol. The molecule has 2 aliphatic rings. The summed E-state index contributed by atoms with van der Waals surface area (Å²) in [6, 6.07) is 0.646. The second-order valence-electron chi connectivity index (χ2n) is 5.90. The smallest absolute Gasteiger partial charge is 0.0647 e. The molecule has 0 aliphatic carbocycles. The highest BCUT2D eigenvalue weighted by atomic mass is 16.5. The summed E-state index contributed by atoms with van der Waals surface area (Å²) in [6.45, 7) is 12.3. The molecular formula is C13H26N2O. The molecule has 2 rings (SSSR count). The van der Waals surface area contributed by atoms with E-state index in [4.69, 9.17) is 4.74 Å². The molecule has 16 heavy (non-hydrogen) atoms. The fourth-order valence-corrected chi connectivity index (χ4v) is 2.88. The predicted molar refractivity (Wildman–Crippen MR) is 66.7 cm³/mol. The average Bonchev–Trinajstić information content (AvgIpc) is 2.30. The van der Waals surface area contributed by atoms with Crippen molar-refractivity contribution in [1.82, 2.24) is 10.2 Å². The Morgan fingerprint density at radius 1 is 1.44 bits per heavy atom. The zero-order valence-electron chi connectivity index (χ0n) is 11.0. The fraction of sp³-hybridized carbons (Fsp3) is 1.00. The molecule has 94 valence electrons. The lowest BCUT2D eigenvalue weighted by Crippen LogP contribution is -2.62. The Bertz CT molecular complexity index is 224. The molecule has 2 heterocycles. The van der Waals surface area contributed by atoms with Crippen LogP contribution in [0.3, 0.4) is 0 Å². The Labute approximate surface area is 99.5 Å². The van der Waals surface area contributed by atoms with Crippen LogP contribution in [0.25, 0.3) is 0 Å². The fourth-order valence-electron chi connectivity index (χ4n) is 2.88. The van der Waals surface area contributed by atoms with Crippen LogP contribution in [0, 0.1) is 5.92 Å². The van der Waals surface area contributed by atoms with Crippen LogP contribution in [0.5, 0.6) is 0 Å². The van der Waals surface area contributed by atoms with Gasteiger partial charge in [0.1, 0.15) is 0 Å². The van der Waals surface area contributed by atoms with Crippen molar-refractivity contribution >= 4 is 0 Å². The number of nitrogens with zero attached hydrogens (tertiary/aromatic N) is 1. The van der Waals surface area contributed by atoms with E-state index in [9.17, 15) is 0 Å². The van der Waals surface area contributed by atoms with Gasteiger partial charge in [0.2, 0.25) is 0 Å². The maximum Gasteiger partial charge on any atom is 0.0647 e. The normalized spacial score (nSPS) is 37.9. The van der Waals surface area contributed by atoms with Crippen LogP contribution in [0.4, 0.5) is 0 Å². The van der Waals surface area contributed by atoms with E-state index in [1.807, 2.05) is 0 Å². The molecular weight excluding hydrogens is 200 g/mol. The molecule has 0 amide bonds. The molecule has 0 saturated carbocycles. The number of ether oxygens (including phenoxy) is 1. The van der Waals surface area contributed by atoms with Gasteiger partial charge in [-0.25, -0.2) is 0 Å². The first-order valence-electron chi connectivity index (χ1n) is 6.68. The van der Waals surface area contributed by atoms with E-state index in [0.29, 0.717) is 6.04 Å². The Kier molecular flexibility index (Phi) is 3.88. The molecule has 0 spiro atoms. The Balaban J connectivity index is 1.97. The minimum absolute atomic E-state index is 0.285. The molecule has 2 aliphatic heterocycles. The molecule has 2 unspecified atom stereocenters. The molecule has 3 nitrogen and oxygen atoms in total. The van der Waals surface area contributed by atoms with Gasteiger partial charge in [-0.15, -0.1) is 0 Å². The molecule has 2 atom stereocenters. The molecule has 2 fully saturated rings. The largest absolute Gasteiger partial charge is 0.380 e. The van der Waals surface area contributed by atoms with Crippen LogP contribution in [-0.2, 0) is 4.74 Å². The van der Waals surface area contributed by atoms with Crippen molar-refractivity contribution < 1.29 is 4.74 Å². The van der Waals surface area contributed by atoms with E-state index in [-0.39, 0.29) is 5.54 Å². The summed E-state index contributed by atoms with van der Waals surface area (Å²) in [6.07, 6.45) is 2.50. The number of nitrogens with one attached hydrogen (secondary N) is 1. The maximum absolute atomic E-state index is 5.67. The first-order valence-corrected chi connectivity index (χ1v) is 6.68. The van der Waals surface area contributed by atoms with Gasteiger partial charge in [0.05, 0.1) is 6.61 Å². The van der Waals surface area contributed by atoms with Crippen molar-refractivity contribution in [1.29, 1.82) is 0 Å². The average molecular weight is 226 g/mol. The number of hydrogen-bond acceptors (Lipinski definition) is 3. The Morgan fingerprint density at radius 3 is 2.88 bits per heavy atom. The lowest BCUT2D eigenvalue weighted by molar-refractivity contribution is -0.0521. The highest BCUT2D eigenvalue weighted by Crippen LogP contribution is 2.27. The van der Waals surface area contributed by atoms with Crippen LogP contribution in [-0.4, -0.2) is 49.3 Å².